The second-order valence-electron chi connectivity index (χ2n) is 8.30. The predicted octanol–water partition coefficient (Wildman–Crippen LogP) is 3.68. The molecule has 0 aromatic heterocycles. The van der Waals surface area contributed by atoms with Crippen LogP contribution in [0.15, 0.2) is 59.6 Å². The molecule has 0 N–H and O–H groups in total. The first kappa shape index (κ1) is 20.5. The Morgan fingerprint density at radius 1 is 1.06 bits per heavy atom. The first-order valence-corrected chi connectivity index (χ1v) is 11.3. The van der Waals surface area contributed by atoms with Crippen LogP contribution in [-0.4, -0.2) is 47.3 Å². The van der Waals surface area contributed by atoms with Crippen molar-refractivity contribution in [3.05, 3.63) is 65.7 Å². The number of likely N-dealkylation sites (tertiary alicyclic amines) is 1. The lowest BCUT2D eigenvalue weighted by Gasteiger charge is -2.50. The van der Waals surface area contributed by atoms with Gasteiger partial charge in [-0.1, -0.05) is 48.5 Å². The minimum atomic E-state index is -1.04. The standard InChI is InChI=1S/C25H27N3O4/c1-2-31-24(30)20-21-18-13-7-8-14-19(18)32-23(17-11-5-3-6-12-17)28(21)25(26-22(20)29)27-15-9-4-10-16-27/h3,5-8,11-14,20-21,23H,2,4,9-10,15-16H2,1H3/t20-,21+,23-/m0/s1. The van der Waals surface area contributed by atoms with E-state index in [1.54, 1.807) is 6.92 Å². The first-order chi connectivity index (χ1) is 15.7. The van der Waals surface area contributed by atoms with Gasteiger partial charge in [0.05, 0.1) is 12.6 Å². The van der Waals surface area contributed by atoms with Gasteiger partial charge in [0.25, 0.3) is 5.91 Å². The number of ether oxygens (including phenoxy) is 2. The number of hydrogen-bond donors (Lipinski definition) is 0. The number of nitrogens with zero attached hydrogens (tertiary/aromatic N) is 3. The molecule has 0 aliphatic carbocycles. The number of carbonyl (C=O) groups excluding carboxylic acids is 2. The van der Waals surface area contributed by atoms with Crippen molar-refractivity contribution < 1.29 is 19.1 Å². The zero-order valence-electron chi connectivity index (χ0n) is 18.1. The summed E-state index contributed by atoms with van der Waals surface area (Å²) in [5.41, 5.74) is 1.74. The van der Waals surface area contributed by atoms with E-state index in [0.717, 1.165) is 43.5 Å². The highest BCUT2D eigenvalue weighted by molar-refractivity contribution is 6.07. The fraction of sp³-hybridized carbons (Fsp3) is 0.400. The summed E-state index contributed by atoms with van der Waals surface area (Å²) < 4.78 is 11.8. The largest absolute Gasteiger partial charge is 0.466 e. The summed E-state index contributed by atoms with van der Waals surface area (Å²) in [5.74, 6) is -0.779. The fourth-order valence-electron chi connectivity index (χ4n) is 4.87. The minimum absolute atomic E-state index is 0.207. The van der Waals surface area contributed by atoms with E-state index in [-0.39, 0.29) is 6.61 Å². The molecule has 3 aliphatic rings. The Hall–Kier alpha value is -3.35. The van der Waals surface area contributed by atoms with Crippen LogP contribution in [0.2, 0.25) is 0 Å². The van der Waals surface area contributed by atoms with E-state index >= 15 is 0 Å². The van der Waals surface area contributed by atoms with Gasteiger partial charge in [-0.15, -0.1) is 0 Å². The molecular weight excluding hydrogens is 406 g/mol. The molecule has 3 aliphatic heterocycles. The van der Waals surface area contributed by atoms with E-state index in [9.17, 15) is 9.59 Å². The van der Waals surface area contributed by atoms with Crippen LogP contribution < -0.4 is 4.74 Å². The van der Waals surface area contributed by atoms with Crippen LogP contribution in [-0.2, 0) is 14.3 Å². The second-order valence-corrected chi connectivity index (χ2v) is 8.30. The van der Waals surface area contributed by atoms with Gasteiger partial charge in [0, 0.05) is 24.2 Å². The Morgan fingerprint density at radius 3 is 2.53 bits per heavy atom. The molecule has 32 heavy (non-hydrogen) atoms. The highest BCUT2D eigenvalue weighted by Crippen LogP contribution is 2.48. The lowest BCUT2D eigenvalue weighted by atomic mass is 9.86. The molecule has 7 heteroatoms. The molecule has 3 atom stereocenters. The van der Waals surface area contributed by atoms with Crippen molar-refractivity contribution in [1.29, 1.82) is 0 Å². The van der Waals surface area contributed by atoms with E-state index in [1.165, 1.54) is 0 Å². The summed E-state index contributed by atoms with van der Waals surface area (Å²) >= 11 is 0. The Bertz CT molecular complexity index is 1030. The van der Waals surface area contributed by atoms with Gasteiger partial charge in [-0.3, -0.25) is 14.5 Å². The molecule has 166 valence electrons. The first-order valence-electron chi connectivity index (χ1n) is 11.3. The number of hydrogen-bond acceptors (Lipinski definition) is 6. The Balaban J connectivity index is 1.69. The molecule has 1 fully saturated rings. The van der Waals surface area contributed by atoms with Gasteiger partial charge in [-0.05, 0) is 32.3 Å². The minimum Gasteiger partial charge on any atom is -0.466 e. The summed E-state index contributed by atoms with van der Waals surface area (Å²) in [6, 6.07) is 17.0. The van der Waals surface area contributed by atoms with Gasteiger partial charge in [-0.25, -0.2) is 0 Å². The molecule has 2 aromatic carbocycles. The molecular formula is C25H27N3O4. The van der Waals surface area contributed by atoms with Gasteiger partial charge in [0.2, 0.25) is 12.2 Å². The molecule has 1 saturated heterocycles. The number of piperidine rings is 1. The molecule has 1 amide bonds. The van der Waals surface area contributed by atoms with Crippen LogP contribution in [0.3, 0.4) is 0 Å². The molecule has 0 saturated carbocycles. The maximum Gasteiger partial charge on any atom is 0.321 e. The average Bonchev–Trinajstić information content (AvgIpc) is 2.84. The number of para-hydroxylation sites is 1. The number of esters is 1. The SMILES string of the molecule is CCOC(=O)[C@@H]1C(=O)N=C(N2CCCCC2)N2[C@@H]1c1ccccc1O[C@H]2c1ccccc1. The molecule has 0 unspecified atom stereocenters. The van der Waals surface area contributed by atoms with Crippen LogP contribution >= 0.6 is 0 Å². The Morgan fingerprint density at radius 2 is 1.78 bits per heavy atom. The molecule has 5 rings (SSSR count). The number of benzene rings is 2. The van der Waals surface area contributed by atoms with Gasteiger partial charge in [0.15, 0.2) is 5.92 Å². The van der Waals surface area contributed by atoms with Gasteiger partial charge >= 0.3 is 5.97 Å². The van der Waals surface area contributed by atoms with Crippen LogP contribution in [0, 0.1) is 5.92 Å². The molecule has 0 radical (unpaired) electrons. The number of amides is 1. The number of guanidine groups is 1. The zero-order chi connectivity index (χ0) is 22.1. The Kier molecular flexibility index (Phi) is 5.55. The lowest BCUT2D eigenvalue weighted by molar-refractivity contribution is -0.157. The van der Waals surface area contributed by atoms with Gasteiger partial charge < -0.3 is 14.4 Å². The molecule has 3 heterocycles. The summed E-state index contributed by atoms with van der Waals surface area (Å²) in [7, 11) is 0. The monoisotopic (exact) mass is 433 g/mol. The predicted molar refractivity (Wildman–Crippen MR) is 119 cm³/mol. The van der Waals surface area contributed by atoms with E-state index < -0.39 is 30.1 Å². The van der Waals surface area contributed by atoms with Crippen molar-refractivity contribution >= 4 is 17.8 Å². The summed E-state index contributed by atoms with van der Waals surface area (Å²) in [6.07, 6.45) is 2.73. The third-order valence-corrected chi connectivity index (χ3v) is 6.32. The molecule has 7 nitrogen and oxygen atoms in total. The van der Waals surface area contributed by atoms with Crippen molar-refractivity contribution in [2.24, 2.45) is 10.9 Å². The van der Waals surface area contributed by atoms with E-state index in [2.05, 4.69) is 9.89 Å². The normalized spacial score (nSPS) is 24.7. The maximum absolute atomic E-state index is 13.3. The van der Waals surface area contributed by atoms with Crippen molar-refractivity contribution in [3.63, 3.8) is 0 Å². The second kappa shape index (κ2) is 8.65. The van der Waals surface area contributed by atoms with Crippen molar-refractivity contribution in [2.45, 2.75) is 38.5 Å². The van der Waals surface area contributed by atoms with Crippen molar-refractivity contribution in [3.8, 4) is 5.75 Å². The van der Waals surface area contributed by atoms with Crippen LogP contribution in [0.1, 0.15) is 49.6 Å². The summed E-state index contributed by atoms with van der Waals surface area (Å²) in [4.78, 5) is 34.9. The number of fused-ring (bicyclic) bond motifs is 3. The number of aliphatic imine (C=N–C) groups is 1. The van der Waals surface area contributed by atoms with Crippen molar-refractivity contribution in [1.82, 2.24) is 9.80 Å². The maximum atomic E-state index is 13.3. The average molecular weight is 434 g/mol. The van der Waals surface area contributed by atoms with E-state index in [1.807, 2.05) is 59.5 Å². The smallest absolute Gasteiger partial charge is 0.321 e. The van der Waals surface area contributed by atoms with Crippen LogP contribution in [0.25, 0.3) is 0 Å². The topological polar surface area (TPSA) is 71.4 Å². The number of rotatable bonds is 3. The van der Waals surface area contributed by atoms with Gasteiger partial charge in [0.1, 0.15) is 5.75 Å². The third-order valence-electron chi connectivity index (χ3n) is 6.32. The third kappa shape index (κ3) is 3.51. The summed E-state index contributed by atoms with van der Waals surface area (Å²) in [5, 5.41) is 0. The van der Waals surface area contributed by atoms with E-state index in [0.29, 0.717) is 11.7 Å². The van der Waals surface area contributed by atoms with Gasteiger partial charge in [-0.2, -0.15) is 4.99 Å². The number of carbonyl (C=O) groups is 2. The fourth-order valence-corrected chi connectivity index (χ4v) is 4.87. The van der Waals surface area contributed by atoms with Crippen molar-refractivity contribution in [2.75, 3.05) is 19.7 Å². The van der Waals surface area contributed by atoms with E-state index in [4.69, 9.17) is 9.47 Å². The highest BCUT2D eigenvalue weighted by atomic mass is 16.5. The highest BCUT2D eigenvalue weighted by Gasteiger charge is 2.52. The van der Waals surface area contributed by atoms with Crippen LogP contribution in [0.4, 0.5) is 0 Å². The lowest BCUT2D eigenvalue weighted by Crippen LogP contribution is -2.58. The molecule has 0 spiro atoms. The molecule has 0 bridgehead atoms. The molecule has 2 aromatic rings. The summed E-state index contributed by atoms with van der Waals surface area (Å²) in [6.45, 7) is 3.60. The van der Waals surface area contributed by atoms with Crippen LogP contribution in [0.5, 0.6) is 5.75 Å². The Labute approximate surface area is 187 Å². The zero-order valence-corrected chi connectivity index (χ0v) is 18.1. The quantitative estimate of drug-likeness (QED) is 0.543.